The summed E-state index contributed by atoms with van der Waals surface area (Å²) >= 11 is -1.35. The van der Waals surface area contributed by atoms with Crippen LogP contribution in [0, 0.1) is 0 Å². The van der Waals surface area contributed by atoms with Crippen molar-refractivity contribution in [2.45, 2.75) is 9.79 Å². The molecule has 1 unspecified atom stereocenters. The van der Waals surface area contributed by atoms with Crippen LogP contribution in [0.25, 0.3) is 0 Å². The first-order chi connectivity index (χ1) is 7.70. The summed E-state index contributed by atoms with van der Waals surface area (Å²) in [6.45, 7) is 0. The van der Waals surface area contributed by atoms with Gasteiger partial charge >= 0.3 is 0 Å². The SMILES string of the molecule is Nc1c(O)cccc1[S+]([O-])c1ccccc1. The van der Waals surface area contributed by atoms with Crippen LogP contribution in [-0.4, -0.2) is 9.66 Å². The number of nitrogen functional groups attached to an aromatic ring is 1. The first kappa shape index (κ1) is 10.9. The third kappa shape index (κ3) is 1.98. The fourth-order valence-electron chi connectivity index (χ4n) is 1.37. The summed E-state index contributed by atoms with van der Waals surface area (Å²) in [6, 6.07) is 13.8. The minimum absolute atomic E-state index is 0.0400. The summed E-state index contributed by atoms with van der Waals surface area (Å²) in [5.41, 5.74) is 5.85. The van der Waals surface area contributed by atoms with Crippen molar-refractivity contribution >= 4 is 16.9 Å². The molecule has 0 saturated heterocycles. The minimum Gasteiger partial charge on any atom is -0.606 e. The van der Waals surface area contributed by atoms with Gasteiger partial charge in [0.05, 0.1) is 0 Å². The van der Waals surface area contributed by atoms with Gasteiger partial charge in [0.15, 0.2) is 9.79 Å². The topological polar surface area (TPSA) is 69.3 Å². The molecule has 16 heavy (non-hydrogen) atoms. The zero-order valence-electron chi connectivity index (χ0n) is 8.46. The van der Waals surface area contributed by atoms with E-state index < -0.39 is 11.2 Å². The van der Waals surface area contributed by atoms with Gasteiger partial charge in [-0.25, -0.2) is 0 Å². The van der Waals surface area contributed by atoms with Gasteiger partial charge in [0, 0.05) is 11.2 Å². The first-order valence-corrected chi connectivity index (χ1v) is 5.89. The number of nitrogens with two attached hydrogens (primary N) is 1. The molecular formula is C12H11NO2S. The maximum Gasteiger partial charge on any atom is 0.185 e. The summed E-state index contributed by atoms with van der Waals surface area (Å²) in [4.78, 5) is 1.10. The molecule has 1 atom stereocenters. The van der Waals surface area contributed by atoms with Gasteiger partial charge in [0.1, 0.15) is 11.4 Å². The smallest absolute Gasteiger partial charge is 0.185 e. The fourth-order valence-corrected chi connectivity index (χ4v) is 2.53. The first-order valence-electron chi connectivity index (χ1n) is 4.74. The average molecular weight is 233 g/mol. The van der Waals surface area contributed by atoms with Crippen molar-refractivity contribution in [2.24, 2.45) is 0 Å². The van der Waals surface area contributed by atoms with Gasteiger partial charge in [-0.15, -0.1) is 0 Å². The van der Waals surface area contributed by atoms with E-state index in [1.54, 1.807) is 24.3 Å². The van der Waals surface area contributed by atoms with E-state index in [9.17, 15) is 9.66 Å². The van der Waals surface area contributed by atoms with Crippen molar-refractivity contribution in [3.8, 4) is 5.75 Å². The van der Waals surface area contributed by atoms with E-state index in [1.165, 1.54) is 6.07 Å². The minimum atomic E-state index is -1.35. The molecule has 3 N–H and O–H groups in total. The molecule has 0 saturated carbocycles. The molecule has 2 aromatic rings. The lowest BCUT2D eigenvalue weighted by Crippen LogP contribution is -2.05. The zero-order valence-corrected chi connectivity index (χ0v) is 9.28. The van der Waals surface area contributed by atoms with Crippen molar-refractivity contribution < 1.29 is 9.66 Å². The fraction of sp³-hybridized carbons (Fsp3) is 0. The van der Waals surface area contributed by atoms with Gasteiger partial charge in [-0.3, -0.25) is 0 Å². The number of aromatic hydroxyl groups is 1. The van der Waals surface area contributed by atoms with Crippen molar-refractivity contribution in [1.29, 1.82) is 0 Å². The highest BCUT2D eigenvalue weighted by Gasteiger charge is 2.19. The predicted molar refractivity (Wildman–Crippen MR) is 63.6 cm³/mol. The summed E-state index contributed by atoms with van der Waals surface area (Å²) in [7, 11) is 0. The molecule has 2 rings (SSSR count). The Hall–Kier alpha value is -1.65. The molecule has 0 aliphatic heterocycles. The van der Waals surface area contributed by atoms with E-state index in [4.69, 9.17) is 5.73 Å². The maximum absolute atomic E-state index is 12.1. The second-order valence-corrected chi connectivity index (χ2v) is 4.72. The van der Waals surface area contributed by atoms with E-state index in [2.05, 4.69) is 0 Å². The number of hydrogen-bond acceptors (Lipinski definition) is 3. The Morgan fingerprint density at radius 3 is 2.38 bits per heavy atom. The van der Waals surface area contributed by atoms with Crippen LogP contribution in [0.4, 0.5) is 5.69 Å². The van der Waals surface area contributed by atoms with Crippen molar-refractivity contribution in [2.75, 3.05) is 5.73 Å². The molecular weight excluding hydrogens is 222 g/mol. The summed E-state index contributed by atoms with van der Waals surface area (Å²) in [6.07, 6.45) is 0. The van der Waals surface area contributed by atoms with Gasteiger partial charge in [-0.2, -0.15) is 0 Å². The Balaban J connectivity index is 2.42. The van der Waals surface area contributed by atoms with E-state index in [0.29, 0.717) is 9.79 Å². The van der Waals surface area contributed by atoms with E-state index in [0.717, 1.165) is 0 Å². The highest BCUT2D eigenvalue weighted by atomic mass is 32.2. The largest absolute Gasteiger partial charge is 0.606 e. The number of anilines is 1. The van der Waals surface area contributed by atoms with Crippen LogP contribution >= 0.6 is 0 Å². The lowest BCUT2D eigenvalue weighted by atomic mass is 10.3. The number of phenols is 1. The molecule has 0 spiro atoms. The third-order valence-electron chi connectivity index (χ3n) is 2.20. The van der Waals surface area contributed by atoms with Crippen LogP contribution in [0.2, 0.25) is 0 Å². The standard InChI is InChI=1S/C12H11NO2S/c13-12-10(14)7-4-8-11(12)16(15)9-5-2-1-3-6-9/h1-8,14H,13H2. The van der Waals surface area contributed by atoms with Crippen molar-refractivity contribution in [1.82, 2.24) is 0 Å². The lowest BCUT2D eigenvalue weighted by molar-refractivity contribution is 0.476. The van der Waals surface area contributed by atoms with E-state index in [1.807, 2.05) is 18.2 Å². The van der Waals surface area contributed by atoms with Gasteiger partial charge in [0.25, 0.3) is 0 Å². The van der Waals surface area contributed by atoms with Crippen molar-refractivity contribution in [3.63, 3.8) is 0 Å². The number of hydrogen-bond donors (Lipinski definition) is 2. The maximum atomic E-state index is 12.1. The summed E-state index contributed by atoms with van der Waals surface area (Å²) in [5, 5.41) is 9.44. The summed E-state index contributed by atoms with van der Waals surface area (Å²) in [5.74, 6) is -0.0400. The van der Waals surface area contributed by atoms with E-state index in [-0.39, 0.29) is 11.4 Å². The highest BCUT2D eigenvalue weighted by molar-refractivity contribution is 7.91. The molecule has 0 aliphatic carbocycles. The van der Waals surface area contributed by atoms with Crippen LogP contribution in [0.15, 0.2) is 58.3 Å². The van der Waals surface area contributed by atoms with Gasteiger partial charge in [-0.05, 0) is 24.3 Å². The van der Waals surface area contributed by atoms with Crippen LogP contribution in [0.5, 0.6) is 5.75 Å². The second-order valence-electron chi connectivity index (χ2n) is 3.27. The molecule has 0 heterocycles. The molecule has 2 aromatic carbocycles. The van der Waals surface area contributed by atoms with Gasteiger partial charge in [-0.1, -0.05) is 24.3 Å². The molecule has 3 nitrogen and oxygen atoms in total. The Morgan fingerprint density at radius 2 is 1.69 bits per heavy atom. The molecule has 0 fully saturated rings. The van der Waals surface area contributed by atoms with E-state index >= 15 is 0 Å². The molecule has 0 aliphatic rings. The Morgan fingerprint density at radius 1 is 1.00 bits per heavy atom. The quantitative estimate of drug-likeness (QED) is 0.474. The Bertz CT molecular complexity index is 488. The van der Waals surface area contributed by atoms with Gasteiger partial charge < -0.3 is 15.4 Å². The molecule has 0 bridgehead atoms. The number of benzene rings is 2. The average Bonchev–Trinajstić information content (AvgIpc) is 2.33. The molecule has 0 amide bonds. The normalized spacial score (nSPS) is 12.3. The molecule has 0 aromatic heterocycles. The van der Waals surface area contributed by atoms with Crippen molar-refractivity contribution in [3.05, 3.63) is 48.5 Å². The number of phenolic OH excluding ortho intramolecular Hbond substituents is 1. The number of rotatable bonds is 2. The van der Waals surface area contributed by atoms with Crippen LogP contribution in [0.3, 0.4) is 0 Å². The number of para-hydroxylation sites is 1. The zero-order chi connectivity index (χ0) is 11.5. The lowest BCUT2D eigenvalue weighted by Gasteiger charge is -2.12. The van der Waals surface area contributed by atoms with Gasteiger partial charge in [0.2, 0.25) is 0 Å². The molecule has 82 valence electrons. The second kappa shape index (κ2) is 4.47. The molecule has 0 radical (unpaired) electrons. The van der Waals surface area contributed by atoms with Crippen LogP contribution < -0.4 is 5.73 Å². The highest BCUT2D eigenvalue weighted by Crippen LogP contribution is 2.31. The predicted octanol–water partition coefficient (Wildman–Crippen LogP) is 2.14. The monoisotopic (exact) mass is 233 g/mol. The Labute approximate surface area is 96.7 Å². The molecule has 4 heteroatoms. The summed E-state index contributed by atoms with van der Waals surface area (Å²) < 4.78 is 12.1. The third-order valence-corrected chi connectivity index (χ3v) is 3.66. The Kier molecular flexibility index (Phi) is 3.03. The van der Waals surface area contributed by atoms with Crippen LogP contribution in [0.1, 0.15) is 0 Å². The van der Waals surface area contributed by atoms with Crippen LogP contribution in [-0.2, 0) is 11.2 Å².